The van der Waals surface area contributed by atoms with Gasteiger partial charge < -0.3 is 57.9 Å². The number of amides is 3. The van der Waals surface area contributed by atoms with E-state index in [-0.39, 0.29) is 52.8 Å². The predicted molar refractivity (Wildman–Crippen MR) is 367 cm³/mol. The Labute approximate surface area is 549 Å². The van der Waals surface area contributed by atoms with Crippen molar-refractivity contribution in [2.24, 2.45) is 23.1 Å². The second-order valence-electron chi connectivity index (χ2n) is 24.4. The zero-order valence-electron chi connectivity index (χ0n) is 53.0. The number of esters is 1. The molecule has 10 N–H and O–H groups in total. The lowest BCUT2D eigenvalue weighted by Gasteiger charge is -2.34. The van der Waals surface area contributed by atoms with Crippen molar-refractivity contribution in [2.45, 2.75) is 83.4 Å². The highest BCUT2D eigenvalue weighted by Gasteiger charge is 2.29. The Hall–Kier alpha value is -11.5. The number of benzene rings is 4. The van der Waals surface area contributed by atoms with E-state index in [4.69, 9.17) is 26.9 Å². The highest BCUT2D eigenvalue weighted by atomic mass is 16.6. The van der Waals surface area contributed by atoms with E-state index in [2.05, 4.69) is 81.9 Å². The first-order valence-corrected chi connectivity index (χ1v) is 31.5. The molecule has 95 heavy (non-hydrogen) atoms. The molecule has 25 heteroatoms. The summed E-state index contributed by atoms with van der Waals surface area (Å²) < 4.78 is 5.49. The molecule has 3 aliphatic heterocycles. The van der Waals surface area contributed by atoms with Gasteiger partial charge in [-0.1, -0.05) is 36.4 Å². The van der Waals surface area contributed by atoms with Gasteiger partial charge in [0.1, 0.15) is 29.1 Å². The molecule has 3 atom stereocenters. The van der Waals surface area contributed by atoms with E-state index in [0.717, 1.165) is 108 Å². The number of hydrogen-bond acceptors (Lipinski definition) is 22. The fraction of sp³-hybridized carbons (Fsp3) is 0.286. The number of nitriles is 1. The highest BCUT2D eigenvalue weighted by Crippen LogP contribution is 2.31. The van der Waals surface area contributed by atoms with Gasteiger partial charge in [-0.15, -0.1) is 0 Å². The first kappa shape index (κ1) is 65.0. The van der Waals surface area contributed by atoms with Gasteiger partial charge in [0, 0.05) is 109 Å². The molecule has 3 fully saturated rings. The maximum absolute atomic E-state index is 12.6. The number of nitrogens with two attached hydrogens (primary N) is 3. The number of carbonyl (C=O) groups excluding carboxylic acids is 4. The van der Waals surface area contributed by atoms with Crippen LogP contribution in [0.2, 0.25) is 0 Å². The van der Waals surface area contributed by atoms with Crippen molar-refractivity contribution >= 4 is 108 Å². The van der Waals surface area contributed by atoms with Crippen molar-refractivity contribution in [2.75, 3.05) is 69.9 Å². The SMILES string of the molecule is CC(C)(C)OC(=O)C[C@@H]1CCCN(c2cnc(C#N)c(Nc3ccc4ncccc4c3)n2)C1.NC(=O)c1ncc(N2CCC[C@@H](N)C2)nc1Nc1ccc2ncccc2c1.NC(=O)c1ncc(N2CCC[C@@H](NC(=O)c3ccccc3)C2)nc1Nc1ccc2ncccc2c1. The zero-order chi connectivity index (χ0) is 66.4. The van der Waals surface area contributed by atoms with E-state index in [1.807, 2.05) is 130 Å². The zero-order valence-corrected chi connectivity index (χ0v) is 53.0. The number of ether oxygens (including phenoxy) is 1. The molecule has 0 spiro atoms. The molecule has 0 radical (unpaired) electrons. The van der Waals surface area contributed by atoms with Crippen molar-refractivity contribution in [1.29, 1.82) is 5.26 Å². The quantitative estimate of drug-likeness (QED) is 0.0469. The fourth-order valence-corrected chi connectivity index (χ4v) is 11.6. The normalized spacial score (nSPS) is 16.2. The molecule has 0 aliphatic carbocycles. The van der Waals surface area contributed by atoms with E-state index in [0.29, 0.717) is 60.7 Å². The van der Waals surface area contributed by atoms with Gasteiger partial charge in [0.2, 0.25) is 0 Å². The number of pyridine rings is 3. The van der Waals surface area contributed by atoms with Gasteiger partial charge in [0.25, 0.3) is 17.7 Å². The van der Waals surface area contributed by atoms with Gasteiger partial charge in [-0.05, 0) is 150 Å². The molecule has 25 nitrogen and oxygen atoms in total. The predicted octanol–water partition coefficient (Wildman–Crippen LogP) is 9.65. The number of fused-ring (bicyclic) bond motifs is 3. The maximum Gasteiger partial charge on any atom is 0.306 e. The third kappa shape index (κ3) is 17.2. The Bertz CT molecular complexity index is 4450. The number of hydrogen-bond donors (Lipinski definition) is 7. The molecule has 4 aromatic carbocycles. The largest absolute Gasteiger partial charge is 0.460 e. The van der Waals surface area contributed by atoms with Crippen molar-refractivity contribution in [1.82, 2.24) is 50.2 Å². The number of primary amides is 2. The number of nitrogens with zero attached hydrogens (tertiary/aromatic N) is 13. The molecule has 3 saturated heterocycles. The topological polar surface area (TPSA) is 353 Å². The molecule has 3 aliphatic rings. The van der Waals surface area contributed by atoms with Crippen molar-refractivity contribution in [3.63, 3.8) is 0 Å². The number of aromatic nitrogens is 9. The van der Waals surface area contributed by atoms with Crippen molar-refractivity contribution < 1.29 is 23.9 Å². The molecular formula is C70H74N20O5. The fourth-order valence-electron chi connectivity index (χ4n) is 11.6. The first-order chi connectivity index (χ1) is 46.0. The molecule has 6 aromatic heterocycles. The minimum Gasteiger partial charge on any atom is -0.460 e. The summed E-state index contributed by atoms with van der Waals surface area (Å²) in [6.45, 7) is 10.1. The summed E-state index contributed by atoms with van der Waals surface area (Å²) >= 11 is 0. The summed E-state index contributed by atoms with van der Waals surface area (Å²) in [5, 5.41) is 25.2. The van der Waals surface area contributed by atoms with E-state index in [1.165, 1.54) is 0 Å². The van der Waals surface area contributed by atoms with Crippen molar-refractivity contribution in [3.05, 3.63) is 181 Å². The summed E-state index contributed by atoms with van der Waals surface area (Å²) in [6.07, 6.45) is 16.1. The number of rotatable bonds is 15. The van der Waals surface area contributed by atoms with Crippen molar-refractivity contribution in [3.8, 4) is 6.07 Å². The summed E-state index contributed by atoms with van der Waals surface area (Å²) in [5.41, 5.74) is 22.6. The maximum atomic E-state index is 12.6. The van der Waals surface area contributed by atoms with Crippen LogP contribution in [-0.2, 0) is 9.53 Å². The summed E-state index contributed by atoms with van der Waals surface area (Å²) in [4.78, 5) is 94.9. The average molecular weight is 1280 g/mol. The number of piperidine rings is 3. The van der Waals surface area contributed by atoms with Gasteiger partial charge in [0.15, 0.2) is 34.5 Å². The van der Waals surface area contributed by atoms with Crippen LogP contribution in [0.15, 0.2) is 159 Å². The third-order valence-corrected chi connectivity index (χ3v) is 16.1. The Balaban J connectivity index is 0.000000146. The molecule has 0 unspecified atom stereocenters. The highest BCUT2D eigenvalue weighted by molar-refractivity contribution is 5.98. The Kier molecular flexibility index (Phi) is 20.4. The molecule has 0 bridgehead atoms. The van der Waals surface area contributed by atoms with E-state index in [1.54, 1.807) is 49.3 Å². The molecule has 13 rings (SSSR count). The van der Waals surface area contributed by atoms with Gasteiger partial charge in [0.05, 0.1) is 41.6 Å². The molecule has 10 aromatic rings. The minimum atomic E-state index is -0.666. The summed E-state index contributed by atoms with van der Waals surface area (Å²) in [5.74, 6) is 1.63. The van der Waals surface area contributed by atoms with Gasteiger partial charge in [-0.3, -0.25) is 34.1 Å². The lowest BCUT2D eigenvalue weighted by Crippen LogP contribution is -2.48. The molecule has 3 amide bonds. The van der Waals surface area contributed by atoms with Crippen LogP contribution in [0.1, 0.15) is 103 Å². The van der Waals surface area contributed by atoms with Crippen LogP contribution < -0.4 is 53.2 Å². The second-order valence-corrected chi connectivity index (χ2v) is 24.4. The standard InChI is InChI=1S/C26H25N7O2.C25H28N6O2.C19H21N7O/c27-24(34)23-25(30-19-10-11-21-18(14-19)8-4-12-28-21)32-22(15-29-23)33-13-5-9-20(16-33)31-26(35)17-6-2-1-3-7-17;1-25(2,3)33-23(32)12-17-6-5-11-31(16-17)22-15-28-21(14-26)24(30-22)29-19-8-9-20-18(13-19)7-4-10-27-20;20-13-4-2-8-26(11-13)16-10-23-17(18(21)27)19(25-16)24-14-5-6-15-12(9-14)3-1-7-22-15/h1-4,6-8,10-12,14-15,20H,5,9,13,16H2,(H2,27,34)(H,30,32)(H,31,35);4,7-10,13,15,17H,5-6,11-12,16H2,1-3H3,(H,29,30);1,3,5-7,9-10,13H,2,4,8,11,20H2,(H2,21,27)(H,24,25)/t20-;17-;13-/m101/s1. The number of carbonyl (C=O) groups is 4. The Morgan fingerprint density at radius 3 is 1.52 bits per heavy atom. The van der Waals surface area contributed by atoms with Gasteiger partial charge in [-0.25, -0.2) is 29.9 Å². The lowest BCUT2D eigenvalue weighted by molar-refractivity contribution is -0.156. The minimum absolute atomic E-state index is 0.0292. The molecular weight excluding hydrogens is 1200 g/mol. The molecule has 484 valence electrons. The Morgan fingerprint density at radius 1 is 0.558 bits per heavy atom. The van der Waals surface area contributed by atoms with E-state index >= 15 is 0 Å². The number of nitrogens with one attached hydrogen (secondary N) is 4. The first-order valence-electron chi connectivity index (χ1n) is 31.5. The summed E-state index contributed by atoms with van der Waals surface area (Å²) in [6, 6.07) is 40.1. The smallest absolute Gasteiger partial charge is 0.306 e. The lowest BCUT2D eigenvalue weighted by atomic mass is 9.95. The van der Waals surface area contributed by atoms with Gasteiger partial charge >= 0.3 is 5.97 Å². The number of anilines is 9. The third-order valence-electron chi connectivity index (χ3n) is 16.1. The average Bonchev–Trinajstić information content (AvgIpc) is 0.977. The molecule has 9 heterocycles. The van der Waals surface area contributed by atoms with Crippen LogP contribution in [0.3, 0.4) is 0 Å². The Morgan fingerprint density at radius 2 is 1.02 bits per heavy atom. The van der Waals surface area contributed by atoms with Crippen LogP contribution >= 0.6 is 0 Å². The van der Waals surface area contributed by atoms with Gasteiger partial charge in [-0.2, -0.15) is 5.26 Å². The van der Waals surface area contributed by atoms with E-state index in [9.17, 15) is 24.4 Å². The van der Waals surface area contributed by atoms with Crippen LogP contribution in [0.25, 0.3) is 32.7 Å². The summed E-state index contributed by atoms with van der Waals surface area (Å²) in [7, 11) is 0. The van der Waals surface area contributed by atoms with E-state index < -0.39 is 17.4 Å². The van der Waals surface area contributed by atoms with Crippen LogP contribution in [0.5, 0.6) is 0 Å². The van der Waals surface area contributed by atoms with Crippen LogP contribution in [-0.4, -0.2) is 125 Å². The van der Waals surface area contributed by atoms with Crippen LogP contribution in [0.4, 0.5) is 52.0 Å². The molecule has 0 saturated carbocycles. The monoisotopic (exact) mass is 1270 g/mol. The second kappa shape index (κ2) is 29.8. The van der Waals surface area contributed by atoms with Crippen LogP contribution in [0, 0.1) is 17.2 Å².